The molecule has 2 aromatic carbocycles. The standard InChI is InChI=1S/C24H20N6O4S/c31-22(16-7-10-18(19(14-16)30(32)33)29-12-1-2-13-29)28-24(35)26-17-8-5-15(6-9-17)23-27-21-20(34-23)4-3-11-25-21/h3-11,14H,1-2,12-13H2,(H2,26,28,31,35). The van der Waals surface area contributed by atoms with Gasteiger partial charge in [0, 0.05) is 42.2 Å². The van der Waals surface area contributed by atoms with Crippen LogP contribution in [0.5, 0.6) is 0 Å². The highest BCUT2D eigenvalue weighted by atomic mass is 32.1. The Morgan fingerprint density at radius 1 is 1.11 bits per heavy atom. The molecular formula is C24H20N6O4S. The molecule has 0 atom stereocenters. The molecule has 2 aromatic heterocycles. The molecule has 4 aromatic rings. The zero-order valence-corrected chi connectivity index (χ0v) is 19.2. The second kappa shape index (κ2) is 9.47. The minimum Gasteiger partial charge on any atom is -0.434 e. The van der Waals surface area contributed by atoms with Crippen molar-refractivity contribution in [2.24, 2.45) is 0 Å². The van der Waals surface area contributed by atoms with Gasteiger partial charge in [0.15, 0.2) is 16.3 Å². The van der Waals surface area contributed by atoms with Crippen LogP contribution in [0, 0.1) is 10.1 Å². The average molecular weight is 489 g/mol. The summed E-state index contributed by atoms with van der Waals surface area (Å²) in [4.78, 5) is 34.3. The van der Waals surface area contributed by atoms with Crippen LogP contribution in [0.3, 0.4) is 0 Å². The maximum absolute atomic E-state index is 12.7. The molecule has 1 amide bonds. The van der Waals surface area contributed by atoms with E-state index in [2.05, 4.69) is 20.6 Å². The SMILES string of the molecule is O=C(NC(=S)Nc1ccc(-c2nc3ncccc3o2)cc1)c1ccc(N2CCCC2)c([N+](=O)[O-])c1. The number of oxazole rings is 1. The fraction of sp³-hybridized carbons (Fsp3) is 0.167. The number of pyridine rings is 1. The molecule has 11 heteroatoms. The van der Waals surface area contributed by atoms with Crippen LogP contribution < -0.4 is 15.5 Å². The minimum atomic E-state index is -0.533. The molecule has 1 fully saturated rings. The van der Waals surface area contributed by atoms with Crippen LogP contribution in [0.2, 0.25) is 0 Å². The molecule has 1 saturated heterocycles. The minimum absolute atomic E-state index is 0.0695. The Balaban J connectivity index is 1.24. The number of hydrogen-bond acceptors (Lipinski definition) is 8. The van der Waals surface area contributed by atoms with Crippen molar-refractivity contribution in [1.82, 2.24) is 15.3 Å². The number of nitro groups is 1. The first-order chi connectivity index (χ1) is 17.0. The highest BCUT2D eigenvalue weighted by Crippen LogP contribution is 2.31. The van der Waals surface area contributed by atoms with Gasteiger partial charge in [-0.2, -0.15) is 4.98 Å². The number of rotatable bonds is 5. The second-order valence-electron chi connectivity index (χ2n) is 7.98. The van der Waals surface area contributed by atoms with Gasteiger partial charge in [0.25, 0.3) is 11.6 Å². The molecule has 0 spiro atoms. The summed E-state index contributed by atoms with van der Waals surface area (Å²) in [6, 6.07) is 15.2. The molecule has 0 unspecified atom stereocenters. The van der Waals surface area contributed by atoms with E-state index in [-0.39, 0.29) is 16.4 Å². The summed E-state index contributed by atoms with van der Waals surface area (Å²) >= 11 is 5.26. The van der Waals surface area contributed by atoms with Gasteiger partial charge in [0.2, 0.25) is 5.89 Å². The lowest BCUT2D eigenvalue weighted by molar-refractivity contribution is -0.384. The van der Waals surface area contributed by atoms with Crippen molar-refractivity contribution in [3.63, 3.8) is 0 Å². The fourth-order valence-corrected chi connectivity index (χ4v) is 4.17. The van der Waals surface area contributed by atoms with Crippen molar-refractivity contribution in [3.05, 3.63) is 76.5 Å². The number of carbonyl (C=O) groups excluding carboxylic acids is 1. The number of thiocarbonyl (C=S) groups is 1. The van der Waals surface area contributed by atoms with Crippen LogP contribution in [0.1, 0.15) is 23.2 Å². The van der Waals surface area contributed by atoms with E-state index < -0.39 is 10.8 Å². The molecule has 1 aliphatic heterocycles. The molecule has 10 nitrogen and oxygen atoms in total. The third-order valence-electron chi connectivity index (χ3n) is 5.66. The van der Waals surface area contributed by atoms with E-state index in [0.29, 0.717) is 28.5 Å². The smallest absolute Gasteiger partial charge is 0.293 e. The Bertz CT molecular complexity index is 1400. The van der Waals surface area contributed by atoms with Gasteiger partial charge >= 0.3 is 0 Å². The van der Waals surface area contributed by atoms with E-state index in [1.807, 2.05) is 4.90 Å². The van der Waals surface area contributed by atoms with Crippen LogP contribution in [0.25, 0.3) is 22.7 Å². The number of benzene rings is 2. The predicted octanol–water partition coefficient (Wildman–Crippen LogP) is 4.53. The molecule has 0 radical (unpaired) electrons. The van der Waals surface area contributed by atoms with Gasteiger partial charge in [-0.3, -0.25) is 20.2 Å². The summed E-state index contributed by atoms with van der Waals surface area (Å²) in [6.45, 7) is 1.53. The van der Waals surface area contributed by atoms with Crippen LogP contribution in [0.15, 0.2) is 65.2 Å². The van der Waals surface area contributed by atoms with Crippen molar-refractivity contribution < 1.29 is 14.1 Å². The number of amides is 1. The van der Waals surface area contributed by atoms with E-state index in [1.165, 1.54) is 6.07 Å². The third kappa shape index (κ3) is 4.80. The molecule has 2 N–H and O–H groups in total. The Hall–Kier alpha value is -4.38. The Kier molecular flexibility index (Phi) is 6.06. The normalized spacial score (nSPS) is 13.1. The van der Waals surface area contributed by atoms with Crippen molar-refractivity contribution in [2.75, 3.05) is 23.3 Å². The summed E-state index contributed by atoms with van der Waals surface area (Å²) in [6.07, 6.45) is 3.63. The second-order valence-corrected chi connectivity index (χ2v) is 8.39. The number of nitro benzene ring substituents is 1. The number of nitrogens with zero attached hydrogens (tertiary/aromatic N) is 4. The molecule has 0 saturated carbocycles. The molecule has 0 bridgehead atoms. The first-order valence-electron chi connectivity index (χ1n) is 11.0. The molecule has 176 valence electrons. The van der Waals surface area contributed by atoms with Crippen molar-refractivity contribution in [2.45, 2.75) is 12.8 Å². The lowest BCUT2D eigenvalue weighted by Crippen LogP contribution is -2.34. The van der Waals surface area contributed by atoms with E-state index in [0.717, 1.165) is 31.5 Å². The maximum Gasteiger partial charge on any atom is 0.293 e. The van der Waals surface area contributed by atoms with Gasteiger partial charge < -0.3 is 14.6 Å². The summed E-state index contributed by atoms with van der Waals surface area (Å²) in [5.74, 6) is -0.0886. The zero-order chi connectivity index (χ0) is 24.4. The van der Waals surface area contributed by atoms with E-state index in [4.69, 9.17) is 16.6 Å². The quantitative estimate of drug-likeness (QED) is 0.237. The summed E-state index contributed by atoms with van der Waals surface area (Å²) < 4.78 is 5.72. The van der Waals surface area contributed by atoms with Gasteiger partial charge in [0.05, 0.1) is 4.92 Å². The summed E-state index contributed by atoms with van der Waals surface area (Å²) in [5.41, 5.74) is 3.12. The third-order valence-corrected chi connectivity index (χ3v) is 5.87. The zero-order valence-electron chi connectivity index (χ0n) is 18.4. The first-order valence-corrected chi connectivity index (χ1v) is 11.4. The van der Waals surface area contributed by atoms with Crippen LogP contribution in [-0.4, -0.2) is 39.0 Å². The molecule has 3 heterocycles. The number of aromatic nitrogens is 2. The van der Waals surface area contributed by atoms with E-state index >= 15 is 0 Å². The highest BCUT2D eigenvalue weighted by molar-refractivity contribution is 7.80. The monoisotopic (exact) mass is 488 g/mol. The number of nitrogens with one attached hydrogen (secondary N) is 2. The van der Waals surface area contributed by atoms with Crippen molar-refractivity contribution >= 4 is 51.5 Å². The van der Waals surface area contributed by atoms with Gasteiger partial charge in [-0.1, -0.05) is 0 Å². The maximum atomic E-state index is 12.7. The number of hydrogen-bond donors (Lipinski definition) is 2. The van der Waals surface area contributed by atoms with Crippen LogP contribution in [-0.2, 0) is 0 Å². The Morgan fingerprint density at radius 2 is 1.89 bits per heavy atom. The van der Waals surface area contributed by atoms with Gasteiger partial charge in [0.1, 0.15) is 5.69 Å². The van der Waals surface area contributed by atoms with Gasteiger partial charge in [-0.25, -0.2) is 4.98 Å². The molecule has 5 rings (SSSR count). The van der Waals surface area contributed by atoms with Gasteiger partial charge in [-0.15, -0.1) is 0 Å². The first kappa shape index (κ1) is 22.4. The topological polar surface area (TPSA) is 126 Å². The Morgan fingerprint density at radius 3 is 2.60 bits per heavy atom. The largest absolute Gasteiger partial charge is 0.434 e. The fourth-order valence-electron chi connectivity index (χ4n) is 3.96. The van der Waals surface area contributed by atoms with Crippen LogP contribution in [0.4, 0.5) is 17.1 Å². The van der Waals surface area contributed by atoms with Gasteiger partial charge in [-0.05, 0) is 73.6 Å². The lowest BCUT2D eigenvalue weighted by Gasteiger charge is -2.18. The molecule has 0 aliphatic carbocycles. The molecular weight excluding hydrogens is 468 g/mol. The van der Waals surface area contributed by atoms with E-state index in [9.17, 15) is 14.9 Å². The van der Waals surface area contributed by atoms with E-state index in [1.54, 1.807) is 54.7 Å². The van der Waals surface area contributed by atoms with Crippen molar-refractivity contribution in [1.29, 1.82) is 0 Å². The average Bonchev–Trinajstić information content (AvgIpc) is 3.54. The summed E-state index contributed by atoms with van der Waals surface area (Å²) in [5, 5.41) is 17.2. The highest BCUT2D eigenvalue weighted by Gasteiger charge is 2.24. The van der Waals surface area contributed by atoms with Crippen molar-refractivity contribution in [3.8, 4) is 11.5 Å². The Labute approximate surface area is 205 Å². The number of fused-ring (bicyclic) bond motifs is 1. The molecule has 1 aliphatic rings. The summed E-state index contributed by atoms with van der Waals surface area (Å²) in [7, 11) is 0. The lowest BCUT2D eigenvalue weighted by atomic mass is 10.1. The molecule has 35 heavy (non-hydrogen) atoms. The number of anilines is 2. The number of carbonyl (C=O) groups is 1. The van der Waals surface area contributed by atoms with Crippen LogP contribution >= 0.6 is 12.2 Å². The predicted molar refractivity (Wildman–Crippen MR) is 135 cm³/mol.